The Morgan fingerprint density at radius 1 is 0.500 bits per heavy atom. The van der Waals surface area contributed by atoms with Gasteiger partial charge < -0.3 is 8.85 Å². The highest BCUT2D eigenvalue weighted by Crippen LogP contribution is 2.41. The highest BCUT2D eigenvalue weighted by molar-refractivity contribution is 6.26. The number of rotatable bonds is 10. The summed E-state index contributed by atoms with van der Waals surface area (Å²) in [6.45, 7) is 25.8. The molecule has 0 fully saturated rings. The molecule has 24 heavy (non-hydrogen) atoms. The Labute approximate surface area is 152 Å². The Morgan fingerprint density at radius 3 is 0.792 bits per heavy atom. The molecule has 3 nitrogen and oxygen atoms in total. The van der Waals surface area contributed by atoms with Crippen LogP contribution in [0.5, 0.6) is 0 Å². The number of hydrogen-bond acceptors (Lipinski definition) is 3. The molecule has 0 N–H and O–H groups in total. The van der Waals surface area contributed by atoms with Crippen molar-refractivity contribution in [2.75, 3.05) is 0 Å². The van der Waals surface area contributed by atoms with Crippen LogP contribution in [0.3, 0.4) is 0 Å². The smallest absolute Gasteiger partial charge is 0.490 e. The van der Waals surface area contributed by atoms with Gasteiger partial charge in [-0.2, -0.15) is 0 Å². The van der Waals surface area contributed by atoms with E-state index in [1.54, 1.807) is 0 Å². The first kappa shape index (κ1) is 23.6. The van der Waals surface area contributed by atoms with Crippen LogP contribution in [-0.4, -0.2) is 20.4 Å². The zero-order valence-corrected chi connectivity index (χ0v) is 19.2. The van der Waals surface area contributed by atoms with Crippen LogP contribution in [0.2, 0.25) is 0 Å². The second-order valence-corrected chi connectivity index (χ2v) is 10.00. The van der Waals surface area contributed by atoms with Crippen molar-refractivity contribution in [1.82, 2.24) is 0 Å². The Hall–Kier alpha value is -0.383. The van der Waals surface area contributed by atoms with E-state index in [2.05, 4.69) is 83.1 Å². The molecule has 0 heterocycles. The normalized spacial score (nSPS) is 13.8. The van der Waals surface area contributed by atoms with E-state index in [-0.39, 0.29) is 35.5 Å². The van der Waals surface area contributed by atoms with Crippen LogP contribution in [0.1, 0.15) is 83.1 Å². The average molecular weight is 359 g/mol. The van der Waals surface area contributed by atoms with E-state index >= 15 is 0 Å². The summed E-state index contributed by atoms with van der Waals surface area (Å²) < 4.78 is 25.5. The fraction of sp³-hybridized carbons (Fsp3) is 1.00. The third kappa shape index (κ3) is 4.42. The van der Waals surface area contributed by atoms with Gasteiger partial charge in [-0.15, -0.1) is 0 Å². The molecule has 0 aliphatic rings. The third-order valence-electron chi connectivity index (χ3n) is 5.93. The maximum Gasteiger partial charge on any atom is 0.768 e. The lowest BCUT2D eigenvalue weighted by atomic mass is 9.73. The third-order valence-corrected chi connectivity index (χ3v) is 6.97. The summed E-state index contributed by atoms with van der Waals surface area (Å²) in [5.41, 5.74) is -0.876. The van der Waals surface area contributed by atoms with Crippen molar-refractivity contribution >= 4 is 9.17 Å². The molecule has 0 saturated carbocycles. The summed E-state index contributed by atoms with van der Waals surface area (Å²) in [4.78, 5) is 0. The molecule has 0 radical (unpaired) electrons. The second kappa shape index (κ2) is 8.82. The maximum atomic E-state index is 13.0. The molecule has 0 aliphatic heterocycles. The monoisotopic (exact) mass is 358 g/mol. The van der Waals surface area contributed by atoms with E-state index in [0.717, 1.165) is 0 Å². The van der Waals surface area contributed by atoms with Crippen molar-refractivity contribution in [3.63, 3.8) is 0 Å². The first-order valence-corrected chi connectivity index (χ1v) is 10.9. The fourth-order valence-corrected chi connectivity index (χ4v) is 7.05. The van der Waals surface area contributed by atoms with Gasteiger partial charge in [0.25, 0.3) is 0 Å². The van der Waals surface area contributed by atoms with Gasteiger partial charge in [-0.1, -0.05) is 83.1 Å². The molecule has 0 unspecified atom stereocenters. The molecule has 0 aromatic heterocycles. The lowest BCUT2D eigenvalue weighted by Crippen LogP contribution is -2.55. The molecular weight excluding hydrogens is 316 g/mol. The van der Waals surface area contributed by atoms with Crippen molar-refractivity contribution in [2.24, 2.45) is 35.5 Å². The van der Waals surface area contributed by atoms with Gasteiger partial charge >= 0.3 is 9.17 Å². The zero-order valence-electron chi connectivity index (χ0n) is 18.2. The van der Waals surface area contributed by atoms with Crippen LogP contribution >= 0.6 is 0 Å². The van der Waals surface area contributed by atoms with Crippen LogP contribution < -0.4 is 0 Å². The summed E-state index contributed by atoms with van der Waals surface area (Å²) in [5.74, 6) is 1.59. The van der Waals surface area contributed by atoms with Gasteiger partial charge in [-0.25, -0.2) is 0 Å². The molecule has 0 amide bonds. The van der Waals surface area contributed by atoms with Crippen LogP contribution in [0, 0.1) is 35.5 Å². The largest absolute Gasteiger partial charge is 0.768 e. The van der Waals surface area contributed by atoms with E-state index < -0.39 is 20.4 Å². The van der Waals surface area contributed by atoms with Crippen LogP contribution in [0.25, 0.3) is 0 Å². The Morgan fingerprint density at radius 2 is 0.667 bits per heavy atom. The molecule has 0 aromatic rings. The molecular formula is C20H42O3Si. The van der Waals surface area contributed by atoms with Crippen molar-refractivity contribution < 1.29 is 13.3 Å². The van der Waals surface area contributed by atoms with E-state index in [0.29, 0.717) is 0 Å². The van der Waals surface area contributed by atoms with Gasteiger partial charge in [0.2, 0.25) is 0 Å². The Balaban J connectivity index is 5.69. The van der Waals surface area contributed by atoms with Gasteiger partial charge in [-0.3, -0.25) is 4.46 Å². The lowest BCUT2D eigenvalue weighted by Gasteiger charge is -2.48. The SMILES string of the molecule is CC(C)C(O[Si](=O)OC(C(C)C)(C(C)C)C(C)C)(C(C)C)C(C)C. The van der Waals surface area contributed by atoms with Gasteiger partial charge in [0, 0.05) is 0 Å². The average Bonchev–Trinajstić information content (AvgIpc) is 2.39. The van der Waals surface area contributed by atoms with Crippen LogP contribution in [-0.2, 0) is 13.3 Å². The predicted octanol–water partition coefficient (Wildman–Crippen LogP) is 5.85. The lowest BCUT2D eigenvalue weighted by molar-refractivity contribution is -0.128. The topological polar surface area (TPSA) is 35.5 Å². The quantitative estimate of drug-likeness (QED) is 0.460. The molecule has 0 bridgehead atoms. The van der Waals surface area contributed by atoms with Crippen molar-refractivity contribution in [3.05, 3.63) is 0 Å². The van der Waals surface area contributed by atoms with Gasteiger partial charge in [-0.05, 0) is 35.5 Å². The first-order chi connectivity index (χ1) is 10.8. The maximum absolute atomic E-state index is 13.0. The number of hydrogen-bond donors (Lipinski definition) is 0. The summed E-state index contributed by atoms with van der Waals surface area (Å²) in [6.07, 6.45) is 0. The van der Waals surface area contributed by atoms with E-state index in [1.165, 1.54) is 0 Å². The standard InChI is InChI=1S/C20H42O3Si/c1-13(2)19(14(3)4,15(5)6)22-24(21)23-20(16(7)8,17(9)10)18(11)12/h13-18H,1-12H3. The zero-order chi connectivity index (χ0) is 19.5. The highest BCUT2D eigenvalue weighted by Gasteiger charge is 2.49. The molecule has 144 valence electrons. The summed E-state index contributed by atoms with van der Waals surface area (Å²) in [6, 6.07) is 0. The van der Waals surface area contributed by atoms with E-state index in [9.17, 15) is 4.46 Å². The van der Waals surface area contributed by atoms with Crippen LogP contribution in [0.4, 0.5) is 0 Å². The van der Waals surface area contributed by atoms with Gasteiger partial charge in [0.15, 0.2) is 0 Å². The van der Waals surface area contributed by atoms with Crippen molar-refractivity contribution in [1.29, 1.82) is 0 Å². The molecule has 0 aliphatic carbocycles. The molecule has 4 heteroatoms. The second-order valence-electron chi connectivity index (χ2n) is 9.09. The predicted molar refractivity (Wildman–Crippen MR) is 103 cm³/mol. The fourth-order valence-electron chi connectivity index (χ4n) is 5.02. The van der Waals surface area contributed by atoms with Crippen molar-refractivity contribution in [2.45, 2.75) is 94.3 Å². The Kier molecular flexibility index (Phi) is 8.68. The molecule has 0 aromatic carbocycles. The van der Waals surface area contributed by atoms with E-state index in [4.69, 9.17) is 8.85 Å². The summed E-state index contributed by atoms with van der Waals surface area (Å²) in [7, 11) is -2.62. The Bertz CT molecular complexity index is 318. The summed E-state index contributed by atoms with van der Waals surface area (Å²) >= 11 is 0. The van der Waals surface area contributed by atoms with Crippen molar-refractivity contribution in [3.8, 4) is 0 Å². The molecule has 0 atom stereocenters. The van der Waals surface area contributed by atoms with Gasteiger partial charge in [0.1, 0.15) is 11.2 Å². The molecule has 0 spiro atoms. The van der Waals surface area contributed by atoms with E-state index in [1.807, 2.05) is 0 Å². The first-order valence-electron chi connectivity index (χ1n) is 9.68. The highest BCUT2D eigenvalue weighted by atomic mass is 28.3. The molecule has 0 rings (SSSR count). The summed E-state index contributed by atoms with van der Waals surface area (Å²) in [5, 5.41) is 0. The van der Waals surface area contributed by atoms with Crippen LogP contribution in [0.15, 0.2) is 0 Å². The van der Waals surface area contributed by atoms with Gasteiger partial charge in [0.05, 0.1) is 0 Å². The minimum absolute atomic E-state index is 0.265. The minimum atomic E-state index is -2.62. The molecule has 0 saturated heterocycles. The minimum Gasteiger partial charge on any atom is -0.490 e.